The summed E-state index contributed by atoms with van der Waals surface area (Å²) < 4.78 is 71.8. The number of hydrogen-bond acceptors (Lipinski definition) is 3. The Balaban J connectivity index is 2.38. The Morgan fingerprint density at radius 3 is 2.18 bits per heavy atom. The summed E-state index contributed by atoms with van der Waals surface area (Å²) >= 11 is 4.25. The van der Waals surface area contributed by atoms with E-state index in [9.17, 15) is 21.6 Å². The minimum Gasteiger partial charge on any atom is -0.490 e. The molecule has 1 unspecified atom stereocenters. The van der Waals surface area contributed by atoms with Crippen LogP contribution in [0.3, 0.4) is 0 Å². The molecule has 0 aliphatic heterocycles. The van der Waals surface area contributed by atoms with E-state index in [2.05, 4.69) is 15.9 Å². The van der Waals surface area contributed by atoms with Gasteiger partial charge in [0.25, 0.3) is 0 Å². The van der Waals surface area contributed by atoms with Crippen LogP contribution in [0.4, 0.5) is 13.2 Å². The molecule has 0 amide bonds. The summed E-state index contributed by atoms with van der Waals surface area (Å²) in [6.45, 7) is 3.95. The second-order valence-corrected chi connectivity index (χ2v) is 10.8. The number of nitrogens with one attached hydrogen (secondary N) is 1. The van der Waals surface area contributed by atoms with Crippen molar-refractivity contribution in [2.75, 3.05) is 6.61 Å². The molecule has 0 aliphatic rings. The highest BCUT2D eigenvalue weighted by Crippen LogP contribution is 2.38. The SMILES string of the molecule is Cc1cc(C)c(S(=O)(=O)NC(I)(COc2cccc(Br)c2)C(F)(F)F)c(C)c1. The van der Waals surface area contributed by atoms with Crippen molar-refractivity contribution in [3.05, 3.63) is 57.6 Å². The molecule has 0 heterocycles. The molecule has 1 atom stereocenters. The number of rotatable bonds is 6. The van der Waals surface area contributed by atoms with Crippen molar-refractivity contribution in [1.82, 2.24) is 4.72 Å². The van der Waals surface area contributed by atoms with E-state index in [0.717, 1.165) is 28.2 Å². The Kier molecular flexibility index (Phi) is 7.10. The minimum absolute atomic E-state index is 0.161. The zero-order valence-corrected chi connectivity index (χ0v) is 19.8. The summed E-state index contributed by atoms with van der Waals surface area (Å²) in [5.74, 6) is 0.182. The quantitative estimate of drug-likeness (QED) is 0.277. The average molecular weight is 592 g/mol. The first-order valence-electron chi connectivity index (χ1n) is 8.01. The first-order valence-corrected chi connectivity index (χ1v) is 11.4. The predicted molar refractivity (Wildman–Crippen MR) is 113 cm³/mol. The van der Waals surface area contributed by atoms with Crippen molar-refractivity contribution in [3.63, 3.8) is 0 Å². The summed E-state index contributed by atoms with van der Waals surface area (Å²) in [5.41, 5.74) is 1.57. The largest absolute Gasteiger partial charge is 0.490 e. The van der Waals surface area contributed by atoms with Crippen LogP contribution in [-0.4, -0.2) is 24.7 Å². The van der Waals surface area contributed by atoms with Gasteiger partial charge in [-0.2, -0.15) is 17.9 Å². The molecule has 154 valence electrons. The van der Waals surface area contributed by atoms with Crippen molar-refractivity contribution in [2.24, 2.45) is 0 Å². The van der Waals surface area contributed by atoms with Crippen molar-refractivity contribution in [2.45, 2.75) is 35.4 Å². The lowest BCUT2D eigenvalue weighted by Crippen LogP contribution is -2.57. The molecule has 0 aliphatic carbocycles. The van der Waals surface area contributed by atoms with E-state index in [4.69, 9.17) is 4.74 Å². The van der Waals surface area contributed by atoms with Crippen LogP contribution in [0.15, 0.2) is 45.8 Å². The van der Waals surface area contributed by atoms with Gasteiger partial charge in [-0.05, 0) is 72.7 Å². The smallest absolute Gasteiger partial charge is 0.420 e. The Bertz CT molecular complexity index is 959. The van der Waals surface area contributed by atoms with Crippen LogP contribution < -0.4 is 9.46 Å². The Hall–Kier alpha value is -0.850. The fourth-order valence-corrected chi connectivity index (χ4v) is 5.84. The van der Waals surface area contributed by atoms with Crippen LogP contribution in [0, 0.1) is 20.8 Å². The monoisotopic (exact) mass is 591 g/mol. The van der Waals surface area contributed by atoms with Crippen molar-refractivity contribution >= 4 is 48.5 Å². The maximum atomic E-state index is 13.8. The molecular formula is C18H18BrF3INO3S. The van der Waals surface area contributed by atoms with Crippen LogP contribution >= 0.6 is 38.5 Å². The molecule has 0 saturated carbocycles. The average Bonchev–Trinajstić information content (AvgIpc) is 2.50. The van der Waals surface area contributed by atoms with Gasteiger partial charge in [0.1, 0.15) is 12.4 Å². The molecule has 0 aromatic heterocycles. The number of sulfonamides is 1. The summed E-state index contributed by atoms with van der Waals surface area (Å²) in [7, 11) is -4.46. The van der Waals surface area contributed by atoms with Crippen molar-refractivity contribution in [1.29, 1.82) is 0 Å². The van der Waals surface area contributed by atoms with Crippen LogP contribution in [0.1, 0.15) is 16.7 Å². The number of halogens is 5. The molecule has 4 nitrogen and oxygen atoms in total. The second kappa shape index (κ2) is 8.49. The summed E-state index contributed by atoms with van der Waals surface area (Å²) in [5, 5.41) is 0. The fraction of sp³-hybridized carbons (Fsp3) is 0.333. The summed E-state index contributed by atoms with van der Waals surface area (Å²) in [6, 6.07) is 9.51. The fourth-order valence-electron chi connectivity index (χ4n) is 2.76. The molecule has 0 saturated heterocycles. The van der Waals surface area contributed by atoms with Gasteiger partial charge in [0, 0.05) is 4.47 Å². The van der Waals surface area contributed by atoms with Crippen molar-refractivity contribution in [3.8, 4) is 5.75 Å². The molecule has 0 spiro atoms. The molecule has 2 aromatic rings. The van der Waals surface area contributed by atoms with E-state index in [1.165, 1.54) is 12.1 Å². The number of benzene rings is 2. The van der Waals surface area contributed by atoms with E-state index >= 15 is 0 Å². The molecule has 2 aromatic carbocycles. The Morgan fingerprint density at radius 2 is 1.68 bits per heavy atom. The van der Waals surface area contributed by atoms with E-state index in [1.807, 2.05) is 4.72 Å². The highest BCUT2D eigenvalue weighted by molar-refractivity contribution is 14.1. The van der Waals surface area contributed by atoms with Gasteiger partial charge in [0.2, 0.25) is 13.6 Å². The van der Waals surface area contributed by atoms with Gasteiger partial charge in [-0.15, -0.1) is 0 Å². The summed E-state index contributed by atoms with van der Waals surface area (Å²) in [4.78, 5) is -0.161. The molecule has 0 bridgehead atoms. The van der Waals surface area contributed by atoms with Crippen LogP contribution in [0.5, 0.6) is 5.75 Å². The van der Waals surface area contributed by atoms with E-state index in [0.29, 0.717) is 15.6 Å². The molecule has 0 fully saturated rings. The van der Waals surface area contributed by atoms with Gasteiger partial charge < -0.3 is 4.74 Å². The minimum atomic E-state index is -4.89. The molecule has 1 N–H and O–H groups in total. The van der Waals surface area contributed by atoms with Gasteiger partial charge in [-0.25, -0.2) is 8.42 Å². The zero-order valence-electron chi connectivity index (χ0n) is 15.2. The molecule has 28 heavy (non-hydrogen) atoms. The standard InChI is InChI=1S/C18H18BrF3INO3S/c1-11-7-12(2)16(13(3)8-11)28(25,26)24-17(23,18(20,21)22)10-27-15-6-4-5-14(19)9-15/h4-9,24H,10H2,1-3H3. The maximum Gasteiger partial charge on any atom is 0.420 e. The number of aryl methyl sites for hydroxylation is 3. The molecule has 0 radical (unpaired) electrons. The molecule has 2 rings (SSSR count). The third-order valence-electron chi connectivity index (χ3n) is 3.85. The topological polar surface area (TPSA) is 55.4 Å². The van der Waals surface area contributed by atoms with Gasteiger partial charge in [0.15, 0.2) is 0 Å². The lowest BCUT2D eigenvalue weighted by molar-refractivity contribution is -0.163. The van der Waals surface area contributed by atoms with Gasteiger partial charge in [0.05, 0.1) is 4.90 Å². The maximum absolute atomic E-state index is 13.8. The Labute approximate surface area is 184 Å². The predicted octanol–water partition coefficient (Wildman–Crippen LogP) is 5.43. The summed E-state index contributed by atoms with van der Waals surface area (Å²) in [6.07, 6.45) is -4.89. The number of ether oxygens (including phenoxy) is 1. The van der Waals surface area contributed by atoms with E-state index < -0.39 is 26.4 Å². The van der Waals surface area contributed by atoms with Crippen LogP contribution in [0.25, 0.3) is 0 Å². The van der Waals surface area contributed by atoms with E-state index in [1.54, 1.807) is 45.0 Å². The highest BCUT2D eigenvalue weighted by atomic mass is 127. The van der Waals surface area contributed by atoms with Crippen LogP contribution in [-0.2, 0) is 10.0 Å². The number of hydrogen-bond donors (Lipinski definition) is 1. The third-order valence-corrected chi connectivity index (χ3v) is 7.70. The first-order chi connectivity index (χ1) is 12.7. The Morgan fingerprint density at radius 1 is 1.11 bits per heavy atom. The van der Waals surface area contributed by atoms with E-state index in [-0.39, 0.29) is 10.6 Å². The van der Waals surface area contributed by atoms with Gasteiger partial charge in [-0.3, -0.25) is 0 Å². The second-order valence-electron chi connectivity index (χ2n) is 6.38. The normalized spacial score (nSPS) is 14.6. The lowest BCUT2D eigenvalue weighted by atomic mass is 10.1. The van der Waals surface area contributed by atoms with Gasteiger partial charge >= 0.3 is 6.18 Å². The zero-order chi connectivity index (χ0) is 21.3. The first kappa shape index (κ1) is 23.4. The van der Waals surface area contributed by atoms with Gasteiger partial charge in [-0.1, -0.05) is 39.7 Å². The third kappa shape index (κ3) is 5.39. The van der Waals surface area contributed by atoms with Crippen molar-refractivity contribution < 1.29 is 26.3 Å². The van der Waals surface area contributed by atoms with Crippen LogP contribution in [0.2, 0.25) is 0 Å². The lowest BCUT2D eigenvalue weighted by Gasteiger charge is -2.31. The highest BCUT2D eigenvalue weighted by Gasteiger charge is 2.56. The number of alkyl halides is 4. The molecular weight excluding hydrogens is 574 g/mol. The molecule has 10 heteroatoms.